The minimum absolute atomic E-state index is 0.00588. The maximum absolute atomic E-state index is 11.7. The number of aliphatic carboxylic acids is 1. The number of nitrogens with two attached hydrogens (primary N) is 1. The molecular weight excluding hydrogens is 426 g/mol. The van der Waals surface area contributed by atoms with Crippen molar-refractivity contribution in [3.8, 4) is 0 Å². The van der Waals surface area contributed by atoms with E-state index in [9.17, 15) is 9.59 Å². The van der Waals surface area contributed by atoms with Gasteiger partial charge in [-0.15, -0.1) is 6.58 Å². The zero-order valence-corrected chi connectivity index (χ0v) is 22.5. The fourth-order valence-electron chi connectivity index (χ4n) is 3.82. The number of esters is 1. The Labute approximate surface area is 211 Å². The Morgan fingerprint density at radius 2 is 1.09 bits per heavy atom. The Bertz CT molecular complexity index is 440. The molecule has 0 amide bonds. The minimum atomic E-state index is -0.968. The first-order valence-corrected chi connectivity index (χ1v) is 14.3. The highest BCUT2D eigenvalue weighted by molar-refractivity contribution is 5.69. The molecule has 202 valence electrons. The quantitative estimate of drug-likeness (QED) is 0.0773. The van der Waals surface area contributed by atoms with Crippen molar-refractivity contribution in [2.45, 2.75) is 148 Å². The van der Waals surface area contributed by atoms with E-state index in [2.05, 4.69) is 19.2 Å². The van der Waals surface area contributed by atoms with Crippen LogP contribution in [-0.2, 0) is 14.3 Å². The van der Waals surface area contributed by atoms with Gasteiger partial charge in [0.25, 0.3) is 0 Å². The highest BCUT2D eigenvalue weighted by atomic mass is 16.5. The third-order valence-electron chi connectivity index (χ3n) is 5.97. The summed E-state index contributed by atoms with van der Waals surface area (Å²) >= 11 is 0. The van der Waals surface area contributed by atoms with Gasteiger partial charge in [0.2, 0.25) is 0 Å². The van der Waals surface area contributed by atoms with Gasteiger partial charge in [-0.1, -0.05) is 122 Å². The largest absolute Gasteiger partial charge is 0.480 e. The van der Waals surface area contributed by atoms with E-state index < -0.39 is 5.97 Å². The molecule has 0 spiro atoms. The van der Waals surface area contributed by atoms with Gasteiger partial charge in [-0.05, 0) is 25.7 Å². The number of unbranched alkanes of at least 4 members (excludes halogenated alkanes) is 19. The lowest BCUT2D eigenvalue weighted by Crippen LogP contribution is -2.10. The zero-order chi connectivity index (χ0) is 25.5. The number of allylic oxidation sites excluding steroid dienone is 1. The van der Waals surface area contributed by atoms with Crippen molar-refractivity contribution in [1.29, 1.82) is 0 Å². The van der Waals surface area contributed by atoms with E-state index in [-0.39, 0.29) is 12.5 Å². The topological polar surface area (TPSA) is 89.6 Å². The molecule has 0 aromatic rings. The second-order valence-corrected chi connectivity index (χ2v) is 9.36. The molecule has 0 atom stereocenters. The number of carboxylic acid groups (broad SMARTS) is 1. The molecular formula is C29H57NO4. The van der Waals surface area contributed by atoms with Gasteiger partial charge >= 0.3 is 11.9 Å². The fraction of sp³-hybridized carbons (Fsp3) is 0.862. The number of carbonyl (C=O) groups excluding carboxylic acids is 1. The van der Waals surface area contributed by atoms with Crippen LogP contribution < -0.4 is 5.73 Å². The van der Waals surface area contributed by atoms with Crippen LogP contribution in [0.25, 0.3) is 0 Å². The van der Waals surface area contributed by atoms with E-state index in [4.69, 9.17) is 9.84 Å². The Balaban J connectivity index is 0. The van der Waals surface area contributed by atoms with Gasteiger partial charge in [-0.25, -0.2) is 0 Å². The Morgan fingerprint density at radius 1 is 0.706 bits per heavy atom. The second-order valence-electron chi connectivity index (χ2n) is 9.36. The maximum atomic E-state index is 11.7. The normalized spacial score (nSPS) is 10.4. The predicted molar refractivity (Wildman–Crippen MR) is 145 cm³/mol. The molecule has 3 N–H and O–H groups in total. The number of hydrogen-bond donors (Lipinski definition) is 2. The van der Waals surface area contributed by atoms with E-state index in [1.807, 2.05) is 6.08 Å². The number of carboxylic acids is 1. The van der Waals surface area contributed by atoms with Crippen molar-refractivity contribution < 1.29 is 19.4 Å². The number of hydrogen-bond acceptors (Lipinski definition) is 4. The average Bonchev–Trinajstić information content (AvgIpc) is 2.83. The van der Waals surface area contributed by atoms with Crippen molar-refractivity contribution >= 4 is 11.9 Å². The molecule has 0 fully saturated rings. The molecule has 0 saturated carbocycles. The molecule has 34 heavy (non-hydrogen) atoms. The summed E-state index contributed by atoms with van der Waals surface area (Å²) in [4.78, 5) is 21.0. The van der Waals surface area contributed by atoms with Crippen LogP contribution in [-0.4, -0.2) is 30.2 Å². The summed E-state index contributed by atoms with van der Waals surface area (Å²) in [5, 5.41) is 7.60. The van der Waals surface area contributed by atoms with Crippen molar-refractivity contribution in [3.05, 3.63) is 12.7 Å². The summed E-state index contributed by atoms with van der Waals surface area (Å²) in [5.74, 6) is -0.962. The van der Waals surface area contributed by atoms with Crippen LogP contribution in [0.4, 0.5) is 0 Å². The molecule has 0 aromatic heterocycles. The molecule has 0 aliphatic heterocycles. The maximum Gasteiger partial charge on any atom is 0.317 e. The predicted octanol–water partition coefficient (Wildman–Crippen LogP) is 8.35. The summed E-state index contributed by atoms with van der Waals surface area (Å²) in [6.45, 7) is 6.37. The number of ether oxygens (including phenoxy) is 1. The summed E-state index contributed by atoms with van der Waals surface area (Å²) < 4.78 is 5.36. The van der Waals surface area contributed by atoms with E-state index in [1.54, 1.807) is 0 Å². The molecule has 5 nitrogen and oxygen atoms in total. The standard InChI is InChI=1S/C27H52O2.C2H5NO2/c1-3-5-7-9-11-13-14-15-16-17-18-20-22-24-26-29-27(28)25-23-21-19-12-10-8-6-4-2;3-1-2(4)5/h4H,2-3,5-26H2,1H3;1,3H2,(H,4,5). The van der Waals surface area contributed by atoms with Crippen molar-refractivity contribution in [1.82, 2.24) is 0 Å². The van der Waals surface area contributed by atoms with E-state index in [0.717, 1.165) is 25.7 Å². The van der Waals surface area contributed by atoms with Gasteiger partial charge in [0, 0.05) is 6.42 Å². The Hall–Kier alpha value is -1.36. The summed E-state index contributed by atoms with van der Waals surface area (Å²) in [7, 11) is 0. The first-order valence-electron chi connectivity index (χ1n) is 14.3. The van der Waals surface area contributed by atoms with E-state index >= 15 is 0 Å². The number of rotatable bonds is 25. The van der Waals surface area contributed by atoms with Gasteiger partial charge in [-0.3, -0.25) is 9.59 Å². The minimum Gasteiger partial charge on any atom is -0.480 e. The molecule has 0 rings (SSSR count). The molecule has 0 aromatic carbocycles. The SMILES string of the molecule is C=CCCCCCCCCC(=O)OCCCCCCCCCCCCCCCC.NCC(=O)O. The molecule has 0 saturated heterocycles. The highest BCUT2D eigenvalue weighted by Crippen LogP contribution is 2.13. The van der Waals surface area contributed by atoms with Crippen molar-refractivity contribution in [2.75, 3.05) is 13.2 Å². The fourth-order valence-corrected chi connectivity index (χ4v) is 3.82. The van der Waals surface area contributed by atoms with Crippen LogP contribution >= 0.6 is 0 Å². The van der Waals surface area contributed by atoms with Gasteiger partial charge in [-0.2, -0.15) is 0 Å². The lowest BCUT2D eigenvalue weighted by molar-refractivity contribution is -0.144. The van der Waals surface area contributed by atoms with Crippen LogP contribution in [0.15, 0.2) is 12.7 Å². The lowest BCUT2D eigenvalue weighted by atomic mass is 10.0. The van der Waals surface area contributed by atoms with Crippen LogP contribution in [0.3, 0.4) is 0 Å². The average molecular weight is 484 g/mol. The van der Waals surface area contributed by atoms with Crippen molar-refractivity contribution in [2.24, 2.45) is 5.73 Å². The smallest absolute Gasteiger partial charge is 0.317 e. The Morgan fingerprint density at radius 3 is 1.50 bits per heavy atom. The summed E-state index contributed by atoms with van der Waals surface area (Å²) in [5.41, 5.74) is 4.57. The first kappa shape index (κ1) is 34.8. The van der Waals surface area contributed by atoms with Gasteiger partial charge < -0.3 is 15.6 Å². The van der Waals surface area contributed by atoms with E-state index in [1.165, 1.54) is 109 Å². The molecule has 0 unspecified atom stereocenters. The first-order chi connectivity index (χ1) is 16.6. The summed E-state index contributed by atoms with van der Waals surface area (Å²) in [6, 6.07) is 0. The van der Waals surface area contributed by atoms with Crippen LogP contribution in [0.5, 0.6) is 0 Å². The van der Waals surface area contributed by atoms with Crippen molar-refractivity contribution in [3.63, 3.8) is 0 Å². The van der Waals surface area contributed by atoms with Gasteiger partial charge in [0.1, 0.15) is 0 Å². The van der Waals surface area contributed by atoms with Gasteiger partial charge in [0.15, 0.2) is 0 Å². The van der Waals surface area contributed by atoms with E-state index in [0.29, 0.717) is 13.0 Å². The molecule has 5 heteroatoms. The molecule has 0 radical (unpaired) electrons. The van der Waals surface area contributed by atoms with Crippen LogP contribution in [0.1, 0.15) is 148 Å². The second kappa shape index (κ2) is 31.6. The molecule has 0 heterocycles. The third-order valence-corrected chi connectivity index (χ3v) is 5.97. The lowest BCUT2D eigenvalue weighted by Gasteiger charge is -2.05. The van der Waals surface area contributed by atoms with Crippen LogP contribution in [0.2, 0.25) is 0 Å². The molecule has 0 aliphatic carbocycles. The monoisotopic (exact) mass is 483 g/mol. The van der Waals surface area contributed by atoms with Gasteiger partial charge in [0.05, 0.1) is 13.2 Å². The van der Waals surface area contributed by atoms with Crippen LogP contribution in [0, 0.1) is 0 Å². The third kappa shape index (κ3) is 35.2. The Kier molecular flexibility index (Phi) is 32.4. The summed E-state index contributed by atoms with van der Waals surface area (Å²) in [6.07, 6.45) is 29.9. The zero-order valence-electron chi connectivity index (χ0n) is 22.5. The highest BCUT2D eigenvalue weighted by Gasteiger charge is 2.02. The molecule has 0 bridgehead atoms. The number of carbonyl (C=O) groups is 2. The molecule has 0 aliphatic rings.